The number of nitrogens with one attached hydrogen (secondary N) is 1. The molecule has 0 radical (unpaired) electrons. The molecule has 0 amide bonds. The Morgan fingerprint density at radius 1 is 0.905 bits per heavy atom. The zero-order chi connectivity index (χ0) is 16.2. The summed E-state index contributed by atoms with van der Waals surface area (Å²) < 4.78 is 0.0999. The zero-order valence-electron chi connectivity index (χ0n) is 10.3. The molecular weight excluding hydrogens is 491 g/mol. The molecule has 0 aliphatic rings. The van der Waals surface area contributed by atoms with Crippen molar-refractivity contribution >= 4 is 63.6 Å². The van der Waals surface area contributed by atoms with Crippen LogP contribution in [0.3, 0.4) is 0 Å². The molecule has 0 bridgehead atoms. The van der Waals surface area contributed by atoms with Crippen LogP contribution in [-0.2, 0) is 0 Å². The number of nitro benzene ring substituents is 1. The molecule has 1 N–H and O–H groups in total. The van der Waals surface area contributed by atoms with Crippen LogP contribution in [0.25, 0.3) is 0 Å². The van der Waals surface area contributed by atoms with Crippen LogP contribution >= 0.6 is 44.1 Å². The first kappa shape index (κ1) is 19.1. The maximum Gasteiger partial charge on any atom is 0.166 e. The Morgan fingerprint density at radius 2 is 1.38 bits per heavy atom. The number of H-pyrrole nitrogens is 1. The van der Waals surface area contributed by atoms with Gasteiger partial charge in [0.2, 0.25) is 0 Å². The summed E-state index contributed by atoms with van der Waals surface area (Å²) in [6.45, 7) is 0. The minimum Gasteiger partial charge on any atom is -0.218 e. The van der Waals surface area contributed by atoms with Crippen LogP contribution < -0.4 is 8.49 Å². The van der Waals surface area contributed by atoms with E-state index in [2.05, 4.69) is 4.98 Å². The van der Waals surface area contributed by atoms with Crippen LogP contribution in [0.15, 0.2) is 54.9 Å². The predicted octanol–water partition coefficient (Wildman–Crippen LogP) is 4.34. The summed E-state index contributed by atoms with van der Waals surface area (Å²) in [7, 11) is 23.2. The van der Waals surface area contributed by atoms with E-state index in [-0.39, 0.29) is 9.20 Å². The van der Waals surface area contributed by atoms with Gasteiger partial charge in [0.25, 0.3) is 0 Å². The predicted molar refractivity (Wildman–Crippen MR) is 90.7 cm³/mol. The van der Waals surface area contributed by atoms with E-state index in [9.17, 15) is 10.1 Å². The topological polar surface area (TPSA) is 57.3 Å². The van der Waals surface area contributed by atoms with Crippen LogP contribution in [-0.4, -0.2) is 15.2 Å². The Bertz CT molecular complexity index is 590. The third-order valence-electron chi connectivity index (χ3n) is 2.16. The van der Waals surface area contributed by atoms with Crippen molar-refractivity contribution in [1.29, 1.82) is 0 Å². The van der Waals surface area contributed by atoms with Gasteiger partial charge in [-0.3, -0.25) is 0 Å². The fourth-order valence-corrected chi connectivity index (χ4v) is 7.01. The number of rotatable bonds is 2. The van der Waals surface area contributed by atoms with Gasteiger partial charge in [-0.2, -0.15) is 0 Å². The molecule has 0 aliphatic heterocycles. The molecule has 1 aromatic carbocycles. The van der Waals surface area contributed by atoms with E-state index in [1.165, 1.54) is 24.3 Å². The van der Waals surface area contributed by atoms with Crippen LogP contribution in [0, 0.1) is 10.1 Å². The summed E-state index contributed by atoms with van der Waals surface area (Å²) in [5.41, 5.74) is -0.127. The van der Waals surface area contributed by atoms with Crippen molar-refractivity contribution in [2.75, 3.05) is 0 Å². The second-order valence-electron chi connectivity index (χ2n) is 3.91. The smallest absolute Gasteiger partial charge is 0.166 e. The van der Waals surface area contributed by atoms with Gasteiger partial charge in [-0.05, 0) is 0 Å². The summed E-state index contributed by atoms with van der Waals surface area (Å²) in [4.78, 5) is 12.7. The van der Waals surface area contributed by atoms with Crippen molar-refractivity contribution < 1.29 is 9.91 Å². The third-order valence-corrected chi connectivity index (χ3v) is 12.3. The van der Waals surface area contributed by atoms with E-state index < -0.39 is 15.2 Å². The molecule has 0 spiro atoms. The number of nitrogens with zero attached hydrogens (tertiary/aromatic N) is 1. The van der Waals surface area contributed by atoms with Gasteiger partial charge >= 0.3 is 103 Å². The third kappa shape index (κ3) is 7.23. The molecule has 0 saturated heterocycles. The number of halogens is 5. The maximum absolute atomic E-state index is 10.4. The summed E-state index contributed by atoms with van der Waals surface area (Å²) in [5.74, 6) is 0. The van der Waals surface area contributed by atoms with Gasteiger partial charge < -0.3 is 0 Å². The normalized spacial score (nSPS) is 14.1. The van der Waals surface area contributed by atoms with Gasteiger partial charge in [0, 0.05) is 12.1 Å². The average molecular weight is 501 g/mol. The van der Waals surface area contributed by atoms with Crippen LogP contribution in [0.4, 0.5) is 5.69 Å². The molecule has 2 rings (SSSR count). The largest absolute Gasteiger partial charge is 0.218 e. The van der Waals surface area contributed by atoms with Gasteiger partial charge in [-0.1, -0.05) is 6.07 Å². The fourth-order valence-electron chi connectivity index (χ4n) is 1.20. The van der Waals surface area contributed by atoms with Crippen molar-refractivity contribution in [3.05, 3.63) is 65.0 Å². The summed E-state index contributed by atoms with van der Waals surface area (Å²) in [6.07, 6.45) is 3.75. The molecule has 0 aliphatic carbocycles. The van der Waals surface area contributed by atoms with Gasteiger partial charge in [0.15, 0.2) is 12.4 Å². The Kier molecular flexibility index (Phi) is 5.70. The van der Waals surface area contributed by atoms with Gasteiger partial charge in [-0.25, -0.2) is 4.98 Å². The molecule has 116 valence electrons. The van der Waals surface area contributed by atoms with E-state index >= 15 is 0 Å². The average Bonchev–Trinajstić information content (AvgIpc) is 2.39. The first-order valence-corrected chi connectivity index (χ1v) is 22.8. The monoisotopic (exact) mass is 498 g/mol. The quantitative estimate of drug-likeness (QED) is 0.350. The number of aromatic nitrogens is 1. The summed E-state index contributed by atoms with van der Waals surface area (Å²) in [6, 6.07) is 10.7. The maximum atomic E-state index is 10.4. The standard InChI is InChI=1S/C6H4NO2.C5H5N.5ClH.Sb/c8-7(9)6-4-2-1-3-5-6;1-2-4-6-5-3-1;;;;;;/h2-5H;1-5H;5*1H;/q;;;;;;;+4/p-4. The number of nitro groups is 1. The van der Waals surface area contributed by atoms with Crippen molar-refractivity contribution in [1.82, 2.24) is 0 Å². The molecule has 4 nitrogen and oxygen atoms in total. The Balaban J connectivity index is 0.000000304. The fraction of sp³-hybridized carbons (Fsp3) is 0. The Hall–Kier alpha value is 0.0382. The summed E-state index contributed by atoms with van der Waals surface area (Å²) >= 11 is 0. The van der Waals surface area contributed by atoms with Gasteiger partial charge in [0.05, 0.1) is 0 Å². The molecule has 2 aromatic rings. The minimum atomic E-state index is -5.77. The van der Waals surface area contributed by atoms with Crippen LogP contribution in [0.1, 0.15) is 0 Å². The SMILES string of the molecule is O=[N+]([O-])c1cc[c]([Sb-]([Cl])([Cl])([Cl])([Cl])[Cl])cc1.c1cc[nH+]cc1. The summed E-state index contributed by atoms with van der Waals surface area (Å²) in [5, 5.41) is 10.4. The molecule has 0 saturated carbocycles. The van der Waals surface area contributed by atoms with E-state index in [1.807, 2.05) is 30.6 Å². The van der Waals surface area contributed by atoms with Gasteiger partial charge in [-0.15, -0.1) is 0 Å². The molecule has 0 fully saturated rings. The van der Waals surface area contributed by atoms with E-state index in [0.717, 1.165) is 0 Å². The molecule has 0 atom stereocenters. The second kappa shape index (κ2) is 6.27. The first-order valence-electron chi connectivity index (χ1n) is 5.39. The Morgan fingerprint density at radius 3 is 1.62 bits per heavy atom. The Labute approximate surface area is 137 Å². The molecule has 21 heavy (non-hydrogen) atoms. The van der Waals surface area contributed by atoms with Crippen LogP contribution in [0.2, 0.25) is 0 Å². The van der Waals surface area contributed by atoms with Crippen LogP contribution in [0.5, 0.6) is 0 Å². The second-order valence-corrected chi connectivity index (χ2v) is 51.4. The molecule has 0 unspecified atom stereocenters. The van der Waals surface area contributed by atoms with E-state index in [1.54, 1.807) is 0 Å². The van der Waals surface area contributed by atoms with Crippen molar-refractivity contribution in [2.24, 2.45) is 0 Å². The molecule has 1 aromatic heterocycles. The minimum absolute atomic E-state index is 0.0999. The molecule has 10 heteroatoms. The number of hydrogen-bond donors (Lipinski definition) is 0. The first-order chi connectivity index (χ1) is 9.40. The zero-order valence-corrected chi connectivity index (χ0v) is 16.6. The molecule has 1 heterocycles. The van der Waals surface area contributed by atoms with Crippen molar-refractivity contribution in [3.8, 4) is 0 Å². The van der Waals surface area contributed by atoms with E-state index in [0.29, 0.717) is 0 Å². The number of benzene rings is 1. The number of hydrogen-bond acceptors (Lipinski definition) is 2. The van der Waals surface area contributed by atoms with Gasteiger partial charge in [0.1, 0.15) is 0 Å². The number of non-ortho nitro benzene ring substituents is 1. The molecular formula is C11H10Cl5N2O2Sb. The van der Waals surface area contributed by atoms with Crippen molar-refractivity contribution in [2.45, 2.75) is 0 Å². The number of pyridine rings is 1. The van der Waals surface area contributed by atoms with E-state index in [4.69, 9.17) is 44.1 Å². The number of aromatic amines is 1. The van der Waals surface area contributed by atoms with Crippen molar-refractivity contribution in [3.63, 3.8) is 0 Å².